The second kappa shape index (κ2) is 5.36. The third kappa shape index (κ3) is 2.99. The second-order valence-corrected chi connectivity index (χ2v) is 5.63. The van der Waals surface area contributed by atoms with Crippen molar-refractivity contribution in [1.82, 2.24) is 10.2 Å². The third-order valence-corrected chi connectivity index (χ3v) is 3.99. The zero-order valence-electron chi connectivity index (χ0n) is 11.1. The van der Waals surface area contributed by atoms with Gasteiger partial charge in [0.25, 0.3) is 0 Å². The predicted molar refractivity (Wildman–Crippen MR) is 66.5 cm³/mol. The summed E-state index contributed by atoms with van der Waals surface area (Å²) in [4.78, 5) is 13.7. The van der Waals surface area contributed by atoms with Crippen molar-refractivity contribution in [2.24, 2.45) is 11.8 Å². The molecule has 4 unspecified atom stereocenters. The van der Waals surface area contributed by atoms with Gasteiger partial charge in [-0.2, -0.15) is 0 Å². The summed E-state index contributed by atoms with van der Waals surface area (Å²) in [6, 6.07) is 0. The quantitative estimate of drug-likeness (QED) is 0.789. The van der Waals surface area contributed by atoms with Crippen LogP contribution in [0.2, 0.25) is 0 Å². The van der Waals surface area contributed by atoms with Gasteiger partial charge in [-0.3, -0.25) is 9.69 Å². The van der Waals surface area contributed by atoms with E-state index in [2.05, 4.69) is 24.2 Å². The van der Waals surface area contributed by atoms with Crippen LogP contribution in [0.4, 0.5) is 0 Å². The number of ether oxygens (including phenoxy) is 1. The Bertz CT molecular complexity index is 273. The minimum atomic E-state index is 0.0814. The number of likely N-dealkylation sites (tertiary alicyclic amines) is 1. The van der Waals surface area contributed by atoms with Crippen LogP contribution in [-0.4, -0.2) is 43.3 Å². The summed E-state index contributed by atoms with van der Waals surface area (Å²) in [6.07, 6.45) is 3.74. The molecule has 0 bridgehead atoms. The Morgan fingerprint density at radius 1 is 1.41 bits per heavy atom. The highest BCUT2D eigenvalue weighted by Crippen LogP contribution is 2.26. The highest BCUT2D eigenvalue weighted by molar-refractivity contribution is 5.79. The number of nitrogens with one attached hydrogen (secondary N) is 1. The summed E-state index contributed by atoms with van der Waals surface area (Å²) in [7, 11) is 2.13. The smallest absolute Gasteiger partial charge is 0.223 e. The molecular formula is C13H24N2O2. The molecule has 1 N–H and O–H groups in total. The largest absolute Gasteiger partial charge is 0.358 e. The van der Waals surface area contributed by atoms with Gasteiger partial charge in [0.15, 0.2) is 0 Å². The Labute approximate surface area is 104 Å². The molecule has 2 saturated heterocycles. The Morgan fingerprint density at radius 3 is 2.82 bits per heavy atom. The molecule has 98 valence electrons. The van der Waals surface area contributed by atoms with E-state index in [1.165, 1.54) is 12.8 Å². The van der Waals surface area contributed by atoms with Crippen LogP contribution >= 0.6 is 0 Å². The molecule has 1 amide bonds. The highest BCUT2D eigenvalue weighted by Gasteiger charge is 2.32. The maximum absolute atomic E-state index is 11.4. The Kier molecular flexibility index (Phi) is 4.05. The van der Waals surface area contributed by atoms with Crippen LogP contribution < -0.4 is 5.32 Å². The number of carbonyl (C=O) groups is 1. The molecule has 4 heteroatoms. The lowest BCUT2D eigenvalue weighted by molar-refractivity contribution is -0.150. The molecule has 4 nitrogen and oxygen atoms in total. The Balaban J connectivity index is 1.89. The van der Waals surface area contributed by atoms with Crippen LogP contribution in [0.1, 0.15) is 33.1 Å². The fourth-order valence-electron chi connectivity index (χ4n) is 2.88. The molecule has 0 aromatic carbocycles. The average molecular weight is 240 g/mol. The predicted octanol–water partition coefficient (Wildman–Crippen LogP) is 1.22. The van der Waals surface area contributed by atoms with Crippen molar-refractivity contribution in [2.75, 3.05) is 20.1 Å². The molecule has 2 aliphatic rings. The monoisotopic (exact) mass is 240 g/mol. The summed E-state index contributed by atoms with van der Waals surface area (Å²) >= 11 is 0. The summed E-state index contributed by atoms with van der Waals surface area (Å²) < 4.78 is 6.19. The third-order valence-electron chi connectivity index (χ3n) is 3.99. The summed E-state index contributed by atoms with van der Waals surface area (Å²) in [5.74, 6) is 0.828. The van der Waals surface area contributed by atoms with E-state index in [9.17, 15) is 4.79 Å². The number of carbonyl (C=O) groups excluding carboxylic acids is 1. The Hall–Kier alpha value is -0.610. The fraction of sp³-hybridized carbons (Fsp3) is 0.923. The first-order valence-corrected chi connectivity index (χ1v) is 6.71. The molecule has 17 heavy (non-hydrogen) atoms. The number of nitrogens with zero attached hydrogens (tertiary/aromatic N) is 1. The summed E-state index contributed by atoms with van der Waals surface area (Å²) in [5, 5.41) is 2.92. The van der Waals surface area contributed by atoms with Crippen molar-refractivity contribution in [3.05, 3.63) is 0 Å². The van der Waals surface area contributed by atoms with Gasteiger partial charge in [0.1, 0.15) is 6.23 Å². The first-order chi connectivity index (χ1) is 8.08. The lowest BCUT2D eigenvalue weighted by Gasteiger charge is -2.40. The van der Waals surface area contributed by atoms with E-state index in [0.29, 0.717) is 12.5 Å². The van der Waals surface area contributed by atoms with Gasteiger partial charge in [0.05, 0.1) is 6.10 Å². The maximum Gasteiger partial charge on any atom is 0.223 e. The average Bonchev–Trinajstić information content (AvgIpc) is 2.28. The minimum Gasteiger partial charge on any atom is -0.358 e. The molecule has 4 atom stereocenters. The van der Waals surface area contributed by atoms with Gasteiger partial charge in [-0.1, -0.05) is 13.8 Å². The van der Waals surface area contributed by atoms with Gasteiger partial charge >= 0.3 is 0 Å². The molecule has 0 saturated carbocycles. The van der Waals surface area contributed by atoms with Gasteiger partial charge in [-0.25, -0.2) is 0 Å². The number of rotatable bonds is 2. The molecular weight excluding hydrogens is 216 g/mol. The molecule has 2 fully saturated rings. The molecule has 0 aromatic rings. The lowest BCUT2D eigenvalue weighted by Crippen LogP contribution is -2.50. The van der Waals surface area contributed by atoms with E-state index in [0.717, 1.165) is 13.0 Å². The molecule has 0 aliphatic carbocycles. The van der Waals surface area contributed by atoms with Crippen molar-refractivity contribution < 1.29 is 9.53 Å². The van der Waals surface area contributed by atoms with E-state index in [4.69, 9.17) is 4.74 Å². The number of hydrogen-bond acceptors (Lipinski definition) is 3. The SMILES string of the molecule is CC1CC(OC2C(C)CCCN2C)CNC1=O. The standard InChI is InChI=1S/C13H24N2O2/c1-9-5-4-6-15(3)13(9)17-11-7-10(2)12(16)14-8-11/h9-11,13H,4-8H2,1-3H3,(H,14,16). The van der Waals surface area contributed by atoms with Crippen LogP contribution in [0.3, 0.4) is 0 Å². The topological polar surface area (TPSA) is 41.6 Å². The van der Waals surface area contributed by atoms with E-state index in [-0.39, 0.29) is 24.2 Å². The van der Waals surface area contributed by atoms with Crippen LogP contribution in [-0.2, 0) is 9.53 Å². The molecule has 2 aliphatic heterocycles. The zero-order valence-corrected chi connectivity index (χ0v) is 11.1. The van der Waals surface area contributed by atoms with E-state index < -0.39 is 0 Å². The molecule has 0 spiro atoms. The molecule has 2 heterocycles. The number of hydrogen-bond donors (Lipinski definition) is 1. The van der Waals surface area contributed by atoms with Gasteiger partial charge in [-0.15, -0.1) is 0 Å². The van der Waals surface area contributed by atoms with Gasteiger partial charge in [-0.05, 0) is 32.2 Å². The van der Waals surface area contributed by atoms with Crippen molar-refractivity contribution in [3.8, 4) is 0 Å². The van der Waals surface area contributed by atoms with Gasteiger partial charge in [0, 0.05) is 19.0 Å². The van der Waals surface area contributed by atoms with Crippen LogP contribution in [0.5, 0.6) is 0 Å². The highest BCUT2D eigenvalue weighted by atomic mass is 16.5. The van der Waals surface area contributed by atoms with E-state index in [1.54, 1.807) is 0 Å². The summed E-state index contributed by atoms with van der Waals surface area (Å²) in [5.41, 5.74) is 0. The van der Waals surface area contributed by atoms with Crippen molar-refractivity contribution in [2.45, 2.75) is 45.4 Å². The molecule has 0 radical (unpaired) electrons. The van der Waals surface area contributed by atoms with E-state index >= 15 is 0 Å². The normalized spacial score (nSPS) is 40.1. The van der Waals surface area contributed by atoms with Crippen LogP contribution in [0.25, 0.3) is 0 Å². The fourth-order valence-corrected chi connectivity index (χ4v) is 2.88. The van der Waals surface area contributed by atoms with E-state index in [1.807, 2.05) is 6.92 Å². The van der Waals surface area contributed by atoms with Crippen LogP contribution in [0.15, 0.2) is 0 Å². The van der Waals surface area contributed by atoms with Gasteiger partial charge < -0.3 is 10.1 Å². The number of amides is 1. The molecule has 0 aromatic heterocycles. The van der Waals surface area contributed by atoms with Crippen LogP contribution in [0, 0.1) is 11.8 Å². The lowest BCUT2D eigenvalue weighted by atomic mass is 9.96. The summed E-state index contributed by atoms with van der Waals surface area (Å²) in [6.45, 7) is 6.01. The number of piperidine rings is 2. The first kappa shape index (κ1) is 12.8. The van der Waals surface area contributed by atoms with Crippen molar-refractivity contribution in [3.63, 3.8) is 0 Å². The maximum atomic E-state index is 11.4. The van der Waals surface area contributed by atoms with Gasteiger partial charge in [0.2, 0.25) is 5.91 Å². The second-order valence-electron chi connectivity index (χ2n) is 5.63. The zero-order chi connectivity index (χ0) is 12.4. The van der Waals surface area contributed by atoms with Crippen molar-refractivity contribution in [1.29, 1.82) is 0 Å². The Morgan fingerprint density at radius 2 is 2.18 bits per heavy atom. The minimum absolute atomic E-state index is 0.0814. The first-order valence-electron chi connectivity index (χ1n) is 6.71. The van der Waals surface area contributed by atoms with Crippen molar-refractivity contribution >= 4 is 5.91 Å². The molecule has 2 rings (SSSR count).